The van der Waals surface area contributed by atoms with Gasteiger partial charge in [0.25, 0.3) is 0 Å². The average molecular weight is 244 g/mol. The van der Waals surface area contributed by atoms with Crippen LogP contribution in [0.4, 0.5) is 0 Å². The first-order valence-corrected chi connectivity index (χ1v) is 7.17. The summed E-state index contributed by atoms with van der Waals surface area (Å²) < 4.78 is 0. The zero-order chi connectivity index (χ0) is 12.2. The Morgan fingerprint density at radius 3 is 2.69 bits per heavy atom. The summed E-state index contributed by atoms with van der Waals surface area (Å²) in [5.74, 6) is 1.25. The molecule has 94 valence electrons. The smallest absolute Gasteiger partial charge is 0.239 e. The molecule has 0 radical (unpaired) electrons. The first-order valence-electron chi connectivity index (χ1n) is 6.12. The van der Waals surface area contributed by atoms with Crippen LogP contribution in [-0.2, 0) is 4.79 Å². The number of nitrogens with one attached hydrogen (secondary N) is 2. The molecule has 1 saturated carbocycles. The number of thioether (sulfide) groups is 1. The molecule has 0 spiro atoms. The SMILES string of the molecule is CCSC1CCCC1NC(=O)C(C)(C)NC. The van der Waals surface area contributed by atoms with Crippen LogP contribution in [0.2, 0.25) is 0 Å². The van der Waals surface area contributed by atoms with Crippen LogP contribution in [0.15, 0.2) is 0 Å². The number of amides is 1. The van der Waals surface area contributed by atoms with Crippen LogP contribution in [0.5, 0.6) is 0 Å². The van der Waals surface area contributed by atoms with Gasteiger partial charge in [-0.15, -0.1) is 0 Å². The van der Waals surface area contributed by atoms with Crippen molar-refractivity contribution in [2.24, 2.45) is 0 Å². The first kappa shape index (κ1) is 13.8. The molecule has 0 bridgehead atoms. The van der Waals surface area contributed by atoms with Crippen LogP contribution < -0.4 is 10.6 Å². The highest BCUT2D eigenvalue weighted by molar-refractivity contribution is 7.99. The number of hydrogen-bond donors (Lipinski definition) is 2. The monoisotopic (exact) mass is 244 g/mol. The number of carbonyl (C=O) groups excluding carboxylic acids is 1. The van der Waals surface area contributed by atoms with Crippen molar-refractivity contribution in [3.05, 3.63) is 0 Å². The topological polar surface area (TPSA) is 41.1 Å². The van der Waals surface area contributed by atoms with Crippen LogP contribution in [0.25, 0.3) is 0 Å². The van der Waals surface area contributed by atoms with Crippen LogP contribution in [0, 0.1) is 0 Å². The normalized spacial score (nSPS) is 25.8. The van der Waals surface area contributed by atoms with Crippen molar-refractivity contribution in [2.45, 2.75) is 56.9 Å². The van der Waals surface area contributed by atoms with Gasteiger partial charge in [-0.05, 0) is 39.5 Å². The minimum absolute atomic E-state index is 0.114. The summed E-state index contributed by atoms with van der Waals surface area (Å²) in [6.45, 7) is 6.01. The summed E-state index contributed by atoms with van der Waals surface area (Å²) in [5.41, 5.74) is -0.468. The van der Waals surface area contributed by atoms with E-state index in [4.69, 9.17) is 0 Å². The molecule has 4 heteroatoms. The van der Waals surface area contributed by atoms with Gasteiger partial charge in [0.1, 0.15) is 0 Å². The van der Waals surface area contributed by atoms with Gasteiger partial charge < -0.3 is 10.6 Å². The Morgan fingerprint density at radius 1 is 1.44 bits per heavy atom. The first-order chi connectivity index (χ1) is 7.51. The Kier molecular flexibility index (Phi) is 5.12. The van der Waals surface area contributed by atoms with Gasteiger partial charge in [-0.1, -0.05) is 13.3 Å². The highest BCUT2D eigenvalue weighted by Crippen LogP contribution is 2.30. The Labute approximate surface area is 103 Å². The molecule has 0 saturated heterocycles. The van der Waals surface area contributed by atoms with Crippen molar-refractivity contribution in [1.29, 1.82) is 0 Å². The van der Waals surface area contributed by atoms with Gasteiger partial charge in [-0.3, -0.25) is 4.79 Å². The maximum absolute atomic E-state index is 12.0. The molecule has 2 unspecified atom stereocenters. The predicted octanol–water partition coefficient (Wildman–Crippen LogP) is 1.77. The average Bonchev–Trinajstić information content (AvgIpc) is 2.66. The minimum Gasteiger partial charge on any atom is -0.351 e. The predicted molar refractivity (Wildman–Crippen MR) is 70.8 cm³/mol. The van der Waals surface area contributed by atoms with Crippen molar-refractivity contribution >= 4 is 17.7 Å². The number of carbonyl (C=O) groups is 1. The van der Waals surface area contributed by atoms with Gasteiger partial charge >= 0.3 is 0 Å². The molecule has 1 fully saturated rings. The van der Waals surface area contributed by atoms with Crippen molar-refractivity contribution in [1.82, 2.24) is 10.6 Å². The van der Waals surface area contributed by atoms with Crippen molar-refractivity contribution in [3.63, 3.8) is 0 Å². The van der Waals surface area contributed by atoms with Crippen LogP contribution in [0.1, 0.15) is 40.0 Å². The quantitative estimate of drug-likeness (QED) is 0.774. The molecule has 16 heavy (non-hydrogen) atoms. The zero-order valence-corrected chi connectivity index (χ0v) is 11.6. The standard InChI is InChI=1S/C12H24N2OS/c1-5-16-10-8-6-7-9(10)14-11(15)12(2,3)13-4/h9-10,13H,5-8H2,1-4H3,(H,14,15). The molecule has 1 rings (SSSR count). The van der Waals surface area contributed by atoms with Gasteiger partial charge in [0.15, 0.2) is 0 Å². The second-order valence-corrected chi connectivity index (χ2v) is 6.40. The van der Waals surface area contributed by atoms with Crippen LogP contribution in [-0.4, -0.2) is 35.5 Å². The van der Waals surface area contributed by atoms with Crippen LogP contribution >= 0.6 is 11.8 Å². The highest BCUT2D eigenvalue weighted by Gasteiger charge is 2.32. The van der Waals surface area contributed by atoms with E-state index in [1.54, 1.807) is 0 Å². The number of likely N-dealkylation sites (N-methyl/N-ethyl adjacent to an activating group) is 1. The second kappa shape index (κ2) is 5.92. The summed E-state index contributed by atoms with van der Waals surface area (Å²) in [4.78, 5) is 12.0. The fraction of sp³-hybridized carbons (Fsp3) is 0.917. The van der Waals surface area contributed by atoms with E-state index in [0.29, 0.717) is 11.3 Å². The third-order valence-corrected chi connectivity index (χ3v) is 4.67. The lowest BCUT2D eigenvalue weighted by molar-refractivity contribution is -0.126. The van der Waals surface area contributed by atoms with Crippen LogP contribution in [0.3, 0.4) is 0 Å². The van der Waals surface area contributed by atoms with Crippen molar-refractivity contribution in [2.75, 3.05) is 12.8 Å². The molecule has 0 aliphatic heterocycles. The number of rotatable bonds is 5. The maximum atomic E-state index is 12.0. The largest absolute Gasteiger partial charge is 0.351 e. The molecular weight excluding hydrogens is 220 g/mol. The lowest BCUT2D eigenvalue weighted by Crippen LogP contribution is -2.54. The van der Waals surface area contributed by atoms with E-state index in [-0.39, 0.29) is 5.91 Å². The van der Waals surface area contributed by atoms with E-state index >= 15 is 0 Å². The Hall–Kier alpha value is -0.220. The zero-order valence-electron chi connectivity index (χ0n) is 10.8. The summed E-state index contributed by atoms with van der Waals surface area (Å²) in [6, 6.07) is 0.366. The lowest BCUT2D eigenvalue weighted by Gasteiger charge is -2.27. The fourth-order valence-corrected chi connectivity index (χ4v) is 3.16. The van der Waals surface area contributed by atoms with Gasteiger partial charge in [-0.25, -0.2) is 0 Å². The minimum atomic E-state index is -0.468. The molecule has 2 atom stereocenters. The van der Waals surface area contributed by atoms with Crippen molar-refractivity contribution in [3.8, 4) is 0 Å². The Morgan fingerprint density at radius 2 is 2.12 bits per heavy atom. The lowest BCUT2D eigenvalue weighted by atomic mass is 10.0. The molecule has 0 heterocycles. The summed E-state index contributed by atoms with van der Waals surface area (Å²) in [6.07, 6.45) is 3.61. The van der Waals surface area contributed by atoms with E-state index in [1.807, 2.05) is 32.7 Å². The molecule has 3 nitrogen and oxygen atoms in total. The van der Waals surface area contributed by atoms with E-state index in [0.717, 1.165) is 12.2 Å². The summed E-state index contributed by atoms with van der Waals surface area (Å²) >= 11 is 1.97. The summed E-state index contributed by atoms with van der Waals surface area (Å²) in [7, 11) is 1.83. The molecular formula is C12H24N2OS. The summed E-state index contributed by atoms with van der Waals surface area (Å²) in [5, 5.41) is 6.84. The van der Waals surface area contributed by atoms with Gasteiger partial charge in [0, 0.05) is 11.3 Å². The maximum Gasteiger partial charge on any atom is 0.239 e. The van der Waals surface area contributed by atoms with Gasteiger partial charge in [0.05, 0.1) is 5.54 Å². The van der Waals surface area contributed by atoms with Gasteiger partial charge in [-0.2, -0.15) is 11.8 Å². The molecule has 0 aromatic rings. The Bertz CT molecular complexity index is 243. The second-order valence-electron chi connectivity index (χ2n) is 4.88. The molecule has 0 aromatic carbocycles. The molecule has 1 aliphatic carbocycles. The third kappa shape index (κ3) is 3.39. The fourth-order valence-electron chi connectivity index (χ4n) is 1.97. The van der Waals surface area contributed by atoms with E-state index in [2.05, 4.69) is 17.6 Å². The van der Waals surface area contributed by atoms with E-state index in [1.165, 1.54) is 12.8 Å². The van der Waals surface area contributed by atoms with E-state index < -0.39 is 5.54 Å². The Balaban J connectivity index is 2.50. The highest BCUT2D eigenvalue weighted by atomic mass is 32.2. The van der Waals surface area contributed by atoms with Gasteiger partial charge in [0.2, 0.25) is 5.91 Å². The van der Waals surface area contributed by atoms with Crippen molar-refractivity contribution < 1.29 is 4.79 Å². The number of hydrogen-bond acceptors (Lipinski definition) is 3. The van der Waals surface area contributed by atoms with E-state index in [9.17, 15) is 4.79 Å². The molecule has 1 aliphatic rings. The molecule has 2 N–H and O–H groups in total. The third-order valence-electron chi connectivity index (χ3n) is 3.34. The molecule has 0 aromatic heterocycles. The molecule has 1 amide bonds.